The first-order valence-electron chi connectivity index (χ1n) is 7.22. The molecule has 0 aliphatic rings. The van der Waals surface area contributed by atoms with Gasteiger partial charge in [0.1, 0.15) is 24.2 Å². The fourth-order valence-electron chi connectivity index (χ4n) is 1.52. The van der Waals surface area contributed by atoms with Crippen molar-refractivity contribution in [2.75, 3.05) is 26.6 Å². The highest BCUT2D eigenvalue weighted by atomic mass is 127. The van der Waals surface area contributed by atoms with E-state index in [4.69, 9.17) is 14.2 Å². The Hall–Kier alpha value is -0.830. The Kier molecular flexibility index (Phi) is 10.2. The predicted octanol–water partition coefficient (Wildman–Crippen LogP) is 2.73. The van der Waals surface area contributed by atoms with Gasteiger partial charge in [0.15, 0.2) is 6.79 Å². The lowest BCUT2D eigenvalue weighted by molar-refractivity contribution is 0.0307. The molecule has 0 heterocycles. The summed E-state index contributed by atoms with van der Waals surface area (Å²) in [7, 11) is 0. The zero-order valence-electron chi connectivity index (χ0n) is 13.0. The minimum absolute atomic E-state index is 0.209. The molecule has 1 aromatic rings. The molecule has 0 aliphatic carbocycles. The van der Waals surface area contributed by atoms with Crippen LogP contribution in [0.25, 0.3) is 0 Å². The highest BCUT2D eigenvalue weighted by Gasteiger charge is 2.06. The standard InChI is InChI=1S/C16H24INO4/c1-13(2)18-10-14(19)11-21-15-4-6-16(7-5-15)22-12-20-9-3-8-17/h3-8,13-14,18-19H,9-12H2,1-2H3. The smallest absolute Gasteiger partial charge is 0.189 e. The Balaban J connectivity index is 2.23. The first kappa shape index (κ1) is 19.2. The van der Waals surface area contributed by atoms with Crippen LogP contribution in [0.4, 0.5) is 0 Å². The van der Waals surface area contributed by atoms with Crippen molar-refractivity contribution in [3.05, 3.63) is 34.4 Å². The maximum absolute atomic E-state index is 9.77. The van der Waals surface area contributed by atoms with E-state index in [0.717, 1.165) is 0 Å². The number of halogens is 1. The van der Waals surface area contributed by atoms with Crippen LogP contribution >= 0.6 is 22.6 Å². The Bertz CT molecular complexity index is 423. The van der Waals surface area contributed by atoms with Gasteiger partial charge >= 0.3 is 0 Å². The van der Waals surface area contributed by atoms with Gasteiger partial charge in [-0.15, -0.1) is 0 Å². The first-order valence-corrected chi connectivity index (χ1v) is 8.46. The number of rotatable bonds is 11. The van der Waals surface area contributed by atoms with E-state index in [0.29, 0.717) is 30.7 Å². The quantitative estimate of drug-likeness (QED) is 0.327. The molecule has 6 heteroatoms. The summed E-state index contributed by atoms with van der Waals surface area (Å²) in [6.45, 7) is 5.59. The molecule has 0 saturated heterocycles. The number of aliphatic hydroxyl groups excluding tert-OH is 1. The Morgan fingerprint density at radius 2 is 1.82 bits per heavy atom. The van der Waals surface area contributed by atoms with E-state index in [1.54, 1.807) is 0 Å². The van der Waals surface area contributed by atoms with E-state index in [-0.39, 0.29) is 13.4 Å². The van der Waals surface area contributed by atoms with Crippen LogP contribution in [-0.2, 0) is 4.74 Å². The monoisotopic (exact) mass is 421 g/mol. The van der Waals surface area contributed by atoms with Crippen LogP contribution in [-0.4, -0.2) is 43.8 Å². The molecule has 0 radical (unpaired) electrons. The van der Waals surface area contributed by atoms with Gasteiger partial charge in [-0.05, 0) is 28.3 Å². The fraction of sp³-hybridized carbons (Fsp3) is 0.500. The van der Waals surface area contributed by atoms with E-state index in [2.05, 4.69) is 27.9 Å². The van der Waals surface area contributed by atoms with Crippen LogP contribution in [0, 0.1) is 0 Å². The summed E-state index contributed by atoms with van der Waals surface area (Å²) in [6, 6.07) is 7.59. The van der Waals surface area contributed by atoms with E-state index in [1.165, 1.54) is 0 Å². The molecule has 0 saturated carbocycles. The van der Waals surface area contributed by atoms with Crippen LogP contribution < -0.4 is 14.8 Å². The van der Waals surface area contributed by atoms with Crippen molar-refractivity contribution in [2.24, 2.45) is 0 Å². The van der Waals surface area contributed by atoms with Gasteiger partial charge in [-0.1, -0.05) is 42.5 Å². The normalized spacial score (nSPS) is 12.8. The van der Waals surface area contributed by atoms with Gasteiger partial charge in [0.25, 0.3) is 0 Å². The Morgan fingerprint density at radius 3 is 2.41 bits per heavy atom. The lowest BCUT2D eigenvalue weighted by Crippen LogP contribution is -2.35. The minimum atomic E-state index is -0.530. The maximum atomic E-state index is 9.77. The molecule has 0 spiro atoms. The van der Waals surface area contributed by atoms with E-state index in [1.807, 2.05) is 48.3 Å². The first-order chi connectivity index (χ1) is 10.6. The Labute approximate surface area is 145 Å². The number of benzene rings is 1. The summed E-state index contributed by atoms with van der Waals surface area (Å²) in [5, 5.41) is 12.9. The van der Waals surface area contributed by atoms with Gasteiger partial charge in [-0.2, -0.15) is 0 Å². The number of hydrogen-bond acceptors (Lipinski definition) is 5. The molecule has 0 aromatic heterocycles. The average Bonchev–Trinajstić information content (AvgIpc) is 2.52. The van der Waals surface area contributed by atoms with E-state index in [9.17, 15) is 5.11 Å². The zero-order valence-corrected chi connectivity index (χ0v) is 15.2. The van der Waals surface area contributed by atoms with Crippen molar-refractivity contribution in [1.82, 2.24) is 5.32 Å². The van der Waals surface area contributed by atoms with Gasteiger partial charge in [0, 0.05) is 12.6 Å². The lowest BCUT2D eigenvalue weighted by atomic mass is 10.3. The molecule has 1 atom stereocenters. The van der Waals surface area contributed by atoms with E-state index >= 15 is 0 Å². The molecule has 124 valence electrons. The van der Waals surface area contributed by atoms with Crippen LogP contribution in [0.1, 0.15) is 13.8 Å². The molecule has 0 fully saturated rings. The highest BCUT2D eigenvalue weighted by molar-refractivity contribution is 14.1. The number of ether oxygens (including phenoxy) is 3. The molecule has 1 rings (SSSR count). The largest absolute Gasteiger partial charge is 0.491 e. The second-order valence-electron chi connectivity index (χ2n) is 4.99. The third-order valence-electron chi connectivity index (χ3n) is 2.64. The molecular formula is C16H24INO4. The van der Waals surface area contributed by atoms with Crippen LogP contribution in [0.5, 0.6) is 11.5 Å². The van der Waals surface area contributed by atoms with Gasteiger partial charge < -0.3 is 24.6 Å². The molecule has 0 bridgehead atoms. The average molecular weight is 421 g/mol. The Morgan fingerprint density at radius 1 is 1.18 bits per heavy atom. The van der Waals surface area contributed by atoms with E-state index < -0.39 is 6.10 Å². The molecule has 2 N–H and O–H groups in total. The van der Waals surface area contributed by atoms with Gasteiger partial charge in [-0.3, -0.25) is 0 Å². The maximum Gasteiger partial charge on any atom is 0.189 e. The molecule has 1 unspecified atom stereocenters. The van der Waals surface area contributed by atoms with Crippen molar-refractivity contribution in [3.63, 3.8) is 0 Å². The lowest BCUT2D eigenvalue weighted by Gasteiger charge is -2.15. The van der Waals surface area contributed by atoms with Crippen LogP contribution in [0.15, 0.2) is 34.4 Å². The minimum Gasteiger partial charge on any atom is -0.491 e. The molecule has 22 heavy (non-hydrogen) atoms. The molecule has 0 aliphatic heterocycles. The summed E-state index contributed by atoms with van der Waals surface area (Å²) in [4.78, 5) is 0. The predicted molar refractivity (Wildman–Crippen MR) is 95.7 cm³/mol. The molecule has 1 aromatic carbocycles. The summed E-state index contributed by atoms with van der Waals surface area (Å²) in [5.41, 5.74) is 0. The zero-order chi connectivity index (χ0) is 16.2. The number of aliphatic hydroxyl groups is 1. The molecule has 0 amide bonds. The second-order valence-corrected chi connectivity index (χ2v) is 5.71. The highest BCUT2D eigenvalue weighted by Crippen LogP contribution is 2.17. The van der Waals surface area contributed by atoms with Gasteiger partial charge in [-0.25, -0.2) is 0 Å². The van der Waals surface area contributed by atoms with Crippen molar-refractivity contribution in [1.29, 1.82) is 0 Å². The van der Waals surface area contributed by atoms with Crippen LogP contribution in [0.2, 0.25) is 0 Å². The molecular weight excluding hydrogens is 397 g/mol. The summed E-state index contributed by atoms with van der Waals surface area (Å²) in [5.74, 6) is 1.41. The fourth-order valence-corrected chi connectivity index (χ4v) is 1.73. The van der Waals surface area contributed by atoms with Gasteiger partial charge in [0.2, 0.25) is 0 Å². The summed E-state index contributed by atoms with van der Waals surface area (Å²) >= 11 is 2.14. The SMILES string of the molecule is CC(C)NCC(O)COc1ccc(OCOCC=CI)cc1. The van der Waals surface area contributed by atoms with Crippen LogP contribution in [0.3, 0.4) is 0 Å². The van der Waals surface area contributed by atoms with Gasteiger partial charge in [0.05, 0.1) is 6.61 Å². The topological polar surface area (TPSA) is 60.0 Å². The van der Waals surface area contributed by atoms with Crippen molar-refractivity contribution in [3.8, 4) is 11.5 Å². The van der Waals surface area contributed by atoms with Crippen molar-refractivity contribution >= 4 is 22.6 Å². The summed E-state index contributed by atoms with van der Waals surface area (Å²) in [6.07, 6.45) is 1.37. The summed E-state index contributed by atoms with van der Waals surface area (Å²) < 4.78 is 18.1. The number of nitrogens with one attached hydrogen (secondary N) is 1. The second kappa shape index (κ2) is 11.7. The third kappa shape index (κ3) is 9.24. The van der Waals surface area contributed by atoms with Crippen molar-refractivity contribution < 1.29 is 19.3 Å². The van der Waals surface area contributed by atoms with Crippen molar-refractivity contribution in [2.45, 2.75) is 26.0 Å². The third-order valence-corrected chi connectivity index (χ3v) is 3.15. The molecule has 5 nitrogen and oxygen atoms in total. The number of hydrogen-bond donors (Lipinski definition) is 2.